The minimum absolute atomic E-state index is 0.107. The second-order valence-electron chi connectivity index (χ2n) is 6.58. The lowest BCUT2D eigenvalue weighted by atomic mass is 10.0. The minimum atomic E-state index is -0.758. The number of carbonyl (C=O) groups excluding carboxylic acids is 3. The number of ether oxygens (including phenoxy) is 1. The molecule has 0 saturated heterocycles. The Labute approximate surface area is 174 Å². The molecular formula is C24H22N2O4. The molecule has 0 aliphatic heterocycles. The molecule has 6 heteroatoms. The third-order valence-corrected chi connectivity index (χ3v) is 4.51. The van der Waals surface area contributed by atoms with E-state index in [1.807, 2.05) is 30.3 Å². The van der Waals surface area contributed by atoms with Gasteiger partial charge in [-0.05, 0) is 48.4 Å². The van der Waals surface area contributed by atoms with Gasteiger partial charge in [-0.25, -0.2) is 0 Å². The fourth-order valence-electron chi connectivity index (χ4n) is 2.84. The molecule has 2 amide bonds. The van der Waals surface area contributed by atoms with E-state index in [0.717, 1.165) is 11.3 Å². The number of benzene rings is 3. The number of anilines is 1. The number of methoxy groups -OCH3 is 1. The van der Waals surface area contributed by atoms with E-state index in [-0.39, 0.29) is 5.78 Å². The van der Waals surface area contributed by atoms with Crippen LogP contribution < -0.4 is 15.4 Å². The number of ketones is 1. The van der Waals surface area contributed by atoms with Crippen molar-refractivity contribution in [3.63, 3.8) is 0 Å². The highest BCUT2D eigenvalue weighted by molar-refractivity contribution is 6.39. The van der Waals surface area contributed by atoms with Gasteiger partial charge in [0.2, 0.25) is 0 Å². The van der Waals surface area contributed by atoms with Gasteiger partial charge in [-0.15, -0.1) is 0 Å². The topological polar surface area (TPSA) is 84.5 Å². The van der Waals surface area contributed by atoms with Gasteiger partial charge in [-0.1, -0.05) is 42.5 Å². The zero-order chi connectivity index (χ0) is 21.3. The fourth-order valence-corrected chi connectivity index (χ4v) is 2.84. The molecule has 6 nitrogen and oxygen atoms in total. The lowest BCUT2D eigenvalue weighted by Crippen LogP contribution is -2.36. The van der Waals surface area contributed by atoms with Crippen LogP contribution in [-0.4, -0.2) is 31.3 Å². The lowest BCUT2D eigenvalue weighted by molar-refractivity contribution is -0.136. The molecule has 0 unspecified atom stereocenters. The third kappa shape index (κ3) is 5.54. The van der Waals surface area contributed by atoms with Crippen molar-refractivity contribution >= 4 is 23.3 Å². The van der Waals surface area contributed by atoms with Crippen molar-refractivity contribution in [3.8, 4) is 5.75 Å². The van der Waals surface area contributed by atoms with E-state index in [1.54, 1.807) is 55.6 Å². The SMILES string of the molecule is COc1ccc(CCNC(=O)C(=O)Nc2ccc(C(=O)c3ccccc3)cc2)cc1. The first kappa shape index (κ1) is 20.8. The molecule has 0 atom stereocenters. The van der Waals surface area contributed by atoms with Crippen LogP contribution in [0.4, 0.5) is 5.69 Å². The molecule has 0 fully saturated rings. The second-order valence-corrected chi connectivity index (χ2v) is 6.58. The van der Waals surface area contributed by atoms with Crippen LogP contribution in [0.2, 0.25) is 0 Å². The van der Waals surface area contributed by atoms with Gasteiger partial charge in [0.1, 0.15) is 5.75 Å². The minimum Gasteiger partial charge on any atom is -0.497 e. The quantitative estimate of drug-likeness (QED) is 0.469. The van der Waals surface area contributed by atoms with Crippen molar-refractivity contribution in [2.75, 3.05) is 19.0 Å². The van der Waals surface area contributed by atoms with E-state index in [4.69, 9.17) is 4.74 Å². The molecule has 30 heavy (non-hydrogen) atoms. The van der Waals surface area contributed by atoms with Crippen molar-refractivity contribution in [2.45, 2.75) is 6.42 Å². The van der Waals surface area contributed by atoms with Crippen molar-refractivity contribution in [3.05, 3.63) is 95.6 Å². The van der Waals surface area contributed by atoms with Crippen LogP contribution in [0.15, 0.2) is 78.9 Å². The van der Waals surface area contributed by atoms with E-state index < -0.39 is 11.8 Å². The highest BCUT2D eigenvalue weighted by Gasteiger charge is 2.14. The summed E-state index contributed by atoms with van der Waals surface area (Å²) in [6.07, 6.45) is 0.597. The number of hydrogen-bond donors (Lipinski definition) is 2. The number of nitrogens with one attached hydrogen (secondary N) is 2. The van der Waals surface area contributed by atoms with Crippen molar-refractivity contribution in [1.82, 2.24) is 5.32 Å². The van der Waals surface area contributed by atoms with Crippen molar-refractivity contribution in [1.29, 1.82) is 0 Å². The maximum absolute atomic E-state index is 12.4. The van der Waals surface area contributed by atoms with E-state index >= 15 is 0 Å². The van der Waals surface area contributed by atoms with Gasteiger partial charge in [-0.3, -0.25) is 14.4 Å². The van der Waals surface area contributed by atoms with Crippen LogP contribution in [-0.2, 0) is 16.0 Å². The van der Waals surface area contributed by atoms with E-state index in [9.17, 15) is 14.4 Å². The molecular weight excluding hydrogens is 380 g/mol. The van der Waals surface area contributed by atoms with Crippen LogP contribution in [0.25, 0.3) is 0 Å². The van der Waals surface area contributed by atoms with Crippen LogP contribution in [0.3, 0.4) is 0 Å². The molecule has 0 aliphatic carbocycles. The Morgan fingerprint density at radius 3 is 2.03 bits per heavy atom. The summed E-state index contributed by atoms with van der Waals surface area (Å²) in [5.74, 6) is -0.816. The average molecular weight is 402 g/mol. The zero-order valence-electron chi connectivity index (χ0n) is 16.6. The van der Waals surface area contributed by atoms with Crippen molar-refractivity contribution < 1.29 is 19.1 Å². The van der Waals surface area contributed by atoms with Gasteiger partial charge < -0.3 is 15.4 Å². The predicted octanol–water partition coefficient (Wildman–Crippen LogP) is 3.22. The molecule has 0 saturated carbocycles. The first-order valence-electron chi connectivity index (χ1n) is 9.49. The summed E-state index contributed by atoms with van der Waals surface area (Å²) >= 11 is 0. The Morgan fingerprint density at radius 1 is 0.767 bits per heavy atom. The van der Waals surface area contributed by atoms with Crippen LogP contribution in [0.1, 0.15) is 21.5 Å². The van der Waals surface area contributed by atoms with Gasteiger partial charge in [0, 0.05) is 23.4 Å². The largest absolute Gasteiger partial charge is 0.497 e. The molecule has 0 radical (unpaired) electrons. The number of carbonyl (C=O) groups is 3. The maximum Gasteiger partial charge on any atom is 0.313 e. The standard InChI is InChI=1S/C24H22N2O4/c1-30-21-13-7-17(8-14-21)15-16-25-23(28)24(29)26-20-11-9-19(10-12-20)22(27)18-5-3-2-4-6-18/h2-14H,15-16H2,1H3,(H,25,28)(H,26,29). The Balaban J connectivity index is 1.48. The van der Waals surface area contributed by atoms with E-state index in [0.29, 0.717) is 29.8 Å². The number of amides is 2. The van der Waals surface area contributed by atoms with Gasteiger partial charge >= 0.3 is 11.8 Å². The molecule has 2 N–H and O–H groups in total. The van der Waals surface area contributed by atoms with E-state index in [1.165, 1.54) is 0 Å². The first-order valence-corrected chi connectivity index (χ1v) is 9.49. The summed E-state index contributed by atoms with van der Waals surface area (Å²) in [6, 6.07) is 22.9. The normalized spacial score (nSPS) is 10.2. The van der Waals surface area contributed by atoms with Crippen LogP contribution in [0, 0.1) is 0 Å². The molecule has 3 rings (SSSR count). The van der Waals surface area contributed by atoms with E-state index in [2.05, 4.69) is 10.6 Å². The van der Waals surface area contributed by atoms with Gasteiger partial charge in [0.05, 0.1) is 7.11 Å². The number of hydrogen-bond acceptors (Lipinski definition) is 4. The second kappa shape index (κ2) is 10.0. The zero-order valence-corrected chi connectivity index (χ0v) is 16.6. The Kier molecular flexibility index (Phi) is 6.95. The van der Waals surface area contributed by atoms with Gasteiger partial charge in [0.15, 0.2) is 5.78 Å². The molecule has 0 aromatic heterocycles. The fraction of sp³-hybridized carbons (Fsp3) is 0.125. The Hall–Kier alpha value is -3.93. The monoisotopic (exact) mass is 402 g/mol. The van der Waals surface area contributed by atoms with Crippen LogP contribution >= 0.6 is 0 Å². The highest BCUT2D eigenvalue weighted by atomic mass is 16.5. The predicted molar refractivity (Wildman–Crippen MR) is 115 cm³/mol. The molecule has 0 bridgehead atoms. The summed E-state index contributed by atoms with van der Waals surface area (Å²) in [5, 5.41) is 5.13. The summed E-state index contributed by atoms with van der Waals surface area (Å²) < 4.78 is 5.10. The third-order valence-electron chi connectivity index (χ3n) is 4.51. The average Bonchev–Trinajstić information content (AvgIpc) is 2.80. The molecule has 0 aliphatic rings. The van der Waals surface area contributed by atoms with Crippen molar-refractivity contribution in [2.24, 2.45) is 0 Å². The van der Waals surface area contributed by atoms with Gasteiger partial charge in [0.25, 0.3) is 0 Å². The molecule has 0 heterocycles. The number of rotatable bonds is 7. The molecule has 3 aromatic carbocycles. The Bertz CT molecular complexity index is 1010. The maximum atomic E-state index is 12.4. The summed E-state index contributed by atoms with van der Waals surface area (Å²) in [6.45, 7) is 0.336. The summed E-state index contributed by atoms with van der Waals surface area (Å²) in [5.41, 5.74) is 2.55. The lowest BCUT2D eigenvalue weighted by Gasteiger charge is -2.08. The molecule has 3 aromatic rings. The summed E-state index contributed by atoms with van der Waals surface area (Å²) in [7, 11) is 1.60. The highest BCUT2D eigenvalue weighted by Crippen LogP contribution is 2.14. The smallest absolute Gasteiger partial charge is 0.313 e. The van der Waals surface area contributed by atoms with Crippen LogP contribution in [0.5, 0.6) is 5.75 Å². The Morgan fingerprint density at radius 2 is 1.40 bits per heavy atom. The molecule has 0 spiro atoms. The summed E-state index contributed by atoms with van der Waals surface area (Å²) in [4.78, 5) is 36.5. The first-order chi connectivity index (χ1) is 14.6. The molecule has 152 valence electrons. The van der Waals surface area contributed by atoms with Gasteiger partial charge in [-0.2, -0.15) is 0 Å².